The van der Waals surface area contributed by atoms with E-state index in [2.05, 4.69) is 54.2 Å². The van der Waals surface area contributed by atoms with Crippen LogP contribution in [0, 0.1) is 5.41 Å². The average Bonchev–Trinajstić information content (AvgIpc) is 2.33. The Kier molecular flexibility index (Phi) is 6.64. The summed E-state index contributed by atoms with van der Waals surface area (Å²) in [6, 6.07) is 6.56. The molecule has 0 saturated carbocycles. The molecule has 0 amide bonds. The first-order chi connectivity index (χ1) is 8.88. The summed E-state index contributed by atoms with van der Waals surface area (Å²) in [4.78, 5) is 0. The maximum atomic E-state index is 5.88. The van der Waals surface area contributed by atoms with Gasteiger partial charge in [0.15, 0.2) is 0 Å². The first kappa shape index (κ1) is 16.8. The van der Waals surface area contributed by atoms with E-state index in [0.29, 0.717) is 11.9 Å². The first-order valence-corrected chi connectivity index (χ1v) is 7.83. The molecule has 0 aliphatic carbocycles. The number of methoxy groups -OCH3 is 1. The summed E-state index contributed by atoms with van der Waals surface area (Å²) >= 11 is 9.40. The third-order valence-electron chi connectivity index (χ3n) is 3.21. The Labute approximate surface area is 130 Å². The second-order valence-corrected chi connectivity index (χ2v) is 6.98. The van der Waals surface area contributed by atoms with Gasteiger partial charge >= 0.3 is 0 Å². The van der Waals surface area contributed by atoms with Crippen LogP contribution in [0.3, 0.4) is 0 Å². The molecule has 19 heavy (non-hydrogen) atoms. The highest BCUT2D eigenvalue weighted by molar-refractivity contribution is 9.10. The maximum Gasteiger partial charge on any atom is 0.133 e. The fraction of sp³-hybridized carbons (Fsp3) is 0.600. The molecule has 1 atom stereocenters. The molecule has 1 aromatic carbocycles. The molecule has 2 nitrogen and oxygen atoms in total. The SMILES string of the molecule is COc1ccc(CNC(CCCl)C(C)(C)C)cc1Br. The zero-order chi connectivity index (χ0) is 14.5. The summed E-state index contributed by atoms with van der Waals surface area (Å²) in [7, 11) is 1.67. The van der Waals surface area contributed by atoms with Gasteiger partial charge in [-0.1, -0.05) is 26.8 Å². The van der Waals surface area contributed by atoms with Gasteiger partial charge in [-0.2, -0.15) is 0 Å². The Morgan fingerprint density at radius 3 is 2.53 bits per heavy atom. The molecular weight excluding hydrogens is 326 g/mol. The minimum absolute atomic E-state index is 0.207. The molecule has 0 spiro atoms. The highest BCUT2D eigenvalue weighted by atomic mass is 79.9. The van der Waals surface area contributed by atoms with Crippen molar-refractivity contribution in [2.45, 2.75) is 39.8 Å². The lowest BCUT2D eigenvalue weighted by molar-refractivity contribution is 0.260. The van der Waals surface area contributed by atoms with Crippen LogP contribution < -0.4 is 10.1 Å². The summed E-state index contributed by atoms with van der Waals surface area (Å²) in [5.74, 6) is 1.54. The summed E-state index contributed by atoms with van der Waals surface area (Å²) in [5, 5.41) is 3.60. The van der Waals surface area contributed by atoms with Crippen molar-refractivity contribution < 1.29 is 4.74 Å². The third-order valence-corrected chi connectivity index (χ3v) is 4.05. The Morgan fingerprint density at radius 2 is 2.05 bits per heavy atom. The largest absolute Gasteiger partial charge is 0.496 e. The summed E-state index contributed by atoms with van der Waals surface area (Å²) in [6.07, 6.45) is 0.975. The van der Waals surface area contributed by atoms with Gasteiger partial charge in [-0.25, -0.2) is 0 Å². The van der Waals surface area contributed by atoms with E-state index in [9.17, 15) is 0 Å². The molecule has 1 N–H and O–H groups in total. The molecule has 1 aromatic rings. The quantitative estimate of drug-likeness (QED) is 0.759. The number of benzene rings is 1. The minimum atomic E-state index is 0.207. The van der Waals surface area contributed by atoms with Crippen molar-refractivity contribution in [3.63, 3.8) is 0 Å². The predicted octanol–water partition coefficient (Wildman–Crippen LogP) is 4.59. The molecule has 0 fully saturated rings. The zero-order valence-electron chi connectivity index (χ0n) is 12.1. The van der Waals surface area contributed by atoms with Gasteiger partial charge < -0.3 is 10.1 Å². The molecule has 0 saturated heterocycles. The highest BCUT2D eigenvalue weighted by Crippen LogP contribution is 2.26. The standard InChI is InChI=1S/C15H23BrClNO/c1-15(2,3)14(7-8-17)18-10-11-5-6-13(19-4)12(16)9-11/h5-6,9,14,18H,7-8,10H2,1-4H3. The second-order valence-electron chi connectivity index (χ2n) is 5.75. The monoisotopic (exact) mass is 347 g/mol. The fourth-order valence-corrected chi connectivity index (χ4v) is 2.82. The number of hydrogen-bond donors (Lipinski definition) is 1. The van der Waals surface area contributed by atoms with Gasteiger partial charge in [-0.05, 0) is 45.5 Å². The molecular formula is C15H23BrClNO. The van der Waals surface area contributed by atoms with Crippen LogP contribution >= 0.6 is 27.5 Å². The smallest absolute Gasteiger partial charge is 0.133 e. The van der Waals surface area contributed by atoms with E-state index in [1.165, 1.54) is 5.56 Å². The molecule has 4 heteroatoms. The van der Waals surface area contributed by atoms with Crippen molar-refractivity contribution in [1.29, 1.82) is 0 Å². The van der Waals surface area contributed by atoms with Gasteiger partial charge in [0.1, 0.15) is 5.75 Å². The van der Waals surface area contributed by atoms with Crippen molar-refractivity contribution in [1.82, 2.24) is 5.32 Å². The molecule has 108 valence electrons. The van der Waals surface area contributed by atoms with Crippen molar-refractivity contribution >= 4 is 27.5 Å². The van der Waals surface area contributed by atoms with Crippen LogP contribution in [-0.4, -0.2) is 19.0 Å². The average molecular weight is 349 g/mol. The third kappa shape index (κ3) is 5.33. The van der Waals surface area contributed by atoms with Gasteiger partial charge in [0, 0.05) is 18.5 Å². The number of nitrogens with one attached hydrogen (secondary N) is 1. The predicted molar refractivity (Wildman–Crippen MR) is 86.1 cm³/mol. The lowest BCUT2D eigenvalue weighted by Gasteiger charge is -2.31. The summed E-state index contributed by atoms with van der Waals surface area (Å²) in [6.45, 7) is 7.55. The van der Waals surface area contributed by atoms with Crippen LogP contribution in [0.2, 0.25) is 0 Å². The van der Waals surface area contributed by atoms with Crippen LogP contribution in [-0.2, 0) is 6.54 Å². The summed E-state index contributed by atoms with van der Waals surface area (Å²) < 4.78 is 6.22. The number of rotatable bonds is 6. The normalized spacial score (nSPS) is 13.4. The van der Waals surface area contributed by atoms with Gasteiger partial charge in [-0.15, -0.1) is 11.6 Å². The topological polar surface area (TPSA) is 21.3 Å². The molecule has 1 unspecified atom stereocenters. The van der Waals surface area contributed by atoms with Crippen LogP contribution in [0.4, 0.5) is 0 Å². The van der Waals surface area contributed by atoms with E-state index in [-0.39, 0.29) is 5.41 Å². The van der Waals surface area contributed by atoms with Crippen LogP contribution in [0.5, 0.6) is 5.75 Å². The Balaban J connectivity index is 2.66. The minimum Gasteiger partial charge on any atom is -0.496 e. The Bertz CT molecular complexity index is 404. The van der Waals surface area contributed by atoms with Gasteiger partial charge in [0.25, 0.3) is 0 Å². The van der Waals surface area contributed by atoms with Crippen LogP contribution in [0.25, 0.3) is 0 Å². The molecule has 0 aliphatic rings. The number of hydrogen-bond acceptors (Lipinski definition) is 2. The molecule has 1 rings (SSSR count). The van der Waals surface area contributed by atoms with Gasteiger partial charge in [0.2, 0.25) is 0 Å². The zero-order valence-corrected chi connectivity index (χ0v) is 14.4. The lowest BCUT2D eigenvalue weighted by Crippen LogP contribution is -2.40. The van der Waals surface area contributed by atoms with Crippen LogP contribution in [0.15, 0.2) is 22.7 Å². The number of halogens is 2. The van der Waals surface area contributed by atoms with E-state index >= 15 is 0 Å². The Hall–Kier alpha value is -0.250. The molecule has 0 aliphatic heterocycles. The van der Waals surface area contributed by atoms with E-state index in [0.717, 1.165) is 23.2 Å². The van der Waals surface area contributed by atoms with Crippen molar-refractivity contribution in [3.8, 4) is 5.75 Å². The summed E-state index contributed by atoms with van der Waals surface area (Å²) in [5.41, 5.74) is 1.44. The van der Waals surface area contributed by atoms with E-state index in [1.807, 2.05) is 6.07 Å². The van der Waals surface area contributed by atoms with E-state index in [4.69, 9.17) is 16.3 Å². The number of ether oxygens (including phenoxy) is 1. The van der Waals surface area contributed by atoms with E-state index in [1.54, 1.807) is 7.11 Å². The van der Waals surface area contributed by atoms with E-state index < -0.39 is 0 Å². The molecule has 0 aromatic heterocycles. The lowest BCUT2D eigenvalue weighted by atomic mass is 9.85. The molecule has 0 heterocycles. The molecule has 0 bridgehead atoms. The van der Waals surface area contributed by atoms with Crippen molar-refractivity contribution in [2.75, 3.05) is 13.0 Å². The van der Waals surface area contributed by atoms with Gasteiger partial charge in [0.05, 0.1) is 11.6 Å². The van der Waals surface area contributed by atoms with Crippen LogP contribution in [0.1, 0.15) is 32.8 Å². The first-order valence-electron chi connectivity index (χ1n) is 6.50. The maximum absolute atomic E-state index is 5.88. The van der Waals surface area contributed by atoms with Crippen molar-refractivity contribution in [2.24, 2.45) is 5.41 Å². The highest BCUT2D eigenvalue weighted by Gasteiger charge is 2.23. The molecule has 0 radical (unpaired) electrons. The van der Waals surface area contributed by atoms with Gasteiger partial charge in [-0.3, -0.25) is 0 Å². The second kappa shape index (κ2) is 7.51. The Morgan fingerprint density at radius 1 is 1.37 bits per heavy atom. The number of alkyl halides is 1. The van der Waals surface area contributed by atoms with Crippen molar-refractivity contribution in [3.05, 3.63) is 28.2 Å². The fourth-order valence-electron chi connectivity index (χ4n) is 2.01.